The van der Waals surface area contributed by atoms with Crippen LogP contribution in [0.15, 0.2) is 242 Å². The molecule has 0 fully saturated rings. The van der Waals surface area contributed by atoms with Gasteiger partial charge in [-0.05, 0) is 138 Å². The van der Waals surface area contributed by atoms with Gasteiger partial charge < -0.3 is 13.7 Å². The number of allylic oxidation sites excluding steroid dienone is 2. The Hall–Kier alpha value is -10.8. The molecule has 0 aliphatic rings. The molecule has 0 atom stereocenters. The maximum atomic E-state index is 10.9. The summed E-state index contributed by atoms with van der Waals surface area (Å²) >= 11 is 0. The molecule has 0 saturated carbocycles. The highest BCUT2D eigenvalue weighted by Gasteiger charge is 2.20. The Kier molecular flexibility index (Phi) is 10.9. The SMILES string of the molecule is C=C(/C=C(\N=C(C)c1ccc(C#N)cc1)c1ccc(-c2ccc(-n3c4ccc(-n5c6ccccc6c6ccccc65)cc4c4cc(-n5c6ccccc6c6ccccc65)ccc43)cc2C#N)cc1)c1ccc(C#N)cc1. The van der Waals surface area contributed by atoms with E-state index in [9.17, 15) is 15.8 Å². The molecule has 0 N–H and O–H groups in total. The first-order valence-electron chi connectivity index (χ1n) is 25.0. The van der Waals surface area contributed by atoms with Crippen molar-refractivity contribution in [1.82, 2.24) is 13.7 Å². The van der Waals surface area contributed by atoms with Crippen LogP contribution in [0, 0.1) is 34.0 Å². The van der Waals surface area contributed by atoms with Gasteiger partial charge in [0.1, 0.15) is 0 Å². The second-order valence-corrected chi connectivity index (χ2v) is 19.0. The number of fused-ring (bicyclic) bond motifs is 9. The van der Waals surface area contributed by atoms with Crippen LogP contribution in [0.1, 0.15) is 40.3 Å². The topological polar surface area (TPSA) is 98.5 Å². The Balaban J connectivity index is 0.937. The lowest BCUT2D eigenvalue weighted by molar-refractivity contribution is 1.16. The molecule has 0 amide bonds. The molecular weight excluding hydrogens is 927 g/mol. The number of hydrogen-bond donors (Lipinski definition) is 0. The van der Waals surface area contributed by atoms with Gasteiger partial charge >= 0.3 is 0 Å². The molecule has 10 aromatic carbocycles. The van der Waals surface area contributed by atoms with E-state index in [1.54, 1.807) is 24.3 Å². The quantitative estimate of drug-likeness (QED) is 0.106. The van der Waals surface area contributed by atoms with Gasteiger partial charge in [0.15, 0.2) is 0 Å². The molecule has 0 aliphatic heterocycles. The van der Waals surface area contributed by atoms with Crippen molar-refractivity contribution < 1.29 is 0 Å². The summed E-state index contributed by atoms with van der Waals surface area (Å²) in [6, 6.07) is 83.8. The third-order valence-corrected chi connectivity index (χ3v) is 14.7. The van der Waals surface area contributed by atoms with Crippen LogP contribution in [0.3, 0.4) is 0 Å². The van der Waals surface area contributed by atoms with E-state index in [2.05, 4.69) is 184 Å². The minimum atomic E-state index is 0.545. The largest absolute Gasteiger partial charge is 0.309 e. The monoisotopic (exact) mass is 969 g/mol. The van der Waals surface area contributed by atoms with E-state index in [0.29, 0.717) is 22.4 Å². The zero-order valence-electron chi connectivity index (χ0n) is 41.3. The summed E-state index contributed by atoms with van der Waals surface area (Å²) in [5.74, 6) is 0. The van der Waals surface area contributed by atoms with Crippen LogP contribution in [0.4, 0.5) is 0 Å². The molecule has 3 aromatic heterocycles. The smallest absolute Gasteiger partial charge is 0.0998 e. The standard InChI is InChI=1S/C69H43N7/c1-44(48-23-19-46(41-70)20-24-48)37-63(73-45(2)49-25-21-47(42-71)22-26-49)51-29-27-50(28-30-51)56-34-31-53(38-52(56)43-72)74-68-35-32-54(75-64-15-7-3-11-57(64)58-12-4-8-16-65(58)75)39-61(68)62-40-55(33-36-69(62)74)76-66-17-9-5-13-59(66)60-14-6-10-18-67(60)76/h3-40H,1H2,2H3/b63-37-,73-45?. The molecule has 13 rings (SSSR count). The molecule has 0 aliphatic carbocycles. The molecule has 3 heterocycles. The molecule has 76 heavy (non-hydrogen) atoms. The van der Waals surface area contributed by atoms with E-state index in [1.807, 2.05) is 67.6 Å². The Morgan fingerprint density at radius 3 is 1.25 bits per heavy atom. The molecule has 13 aromatic rings. The highest BCUT2D eigenvalue weighted by Crippen LogP contribution is 2.40. The van der Waals surface area contributed by atoms with Crippen LogP contribution in [0.5, 0.6) is 0 Å². The Morgan fingerprint density at radius 1 is 0.408 bits per heavy atom. The van der Waals surface area contributed by atoms with E-state index in [4.69, 9.17) is 4.99 Å². The van der Waals surface area contributed by atoms with Crippen LogP contribution < -0.4 is 0 Å². The van der Waals surface area contributed by atoms with E-state index in [-0.39, 0.29) is 0 Å². The fourth-order valence-electron chi connectivity index (χ4n) is 11.0. The summed E-state index contributed by atoms with van der Waals surface area (Å²) in [6.07, 6.45) is 1.95. The maximum Gasteiger partial charge on any atom is 0.0998 e. The van der Waals surface area contributed by atoms with Crippen molar-refractivity contribution in [2.75, 3.05) is 0 Å². The average Bonchev–Trinajstić information content (AvgIpc) is 4.13. The van der Waals surface area contributed by atoms with Crippen LogP contribution in [-0.4, -0.2) is 19.4 Å². The molecule has 0 bridgehead atoms. The van der Waals surface area contributed by atoms with Gasteiger partial charge in [0.25, 0.3) is 0 Å². The summed E-state index contributed by atoms with van der Waals surface area (Å²) < 4.78 is 7.02. The van der Waals surface area contributed by atoms with E-state index in [0.717, 1.165) is 100 Å². The molecule has 7 heteroatoms. The van der Waals surface area contributed by atoms with Crippen LogP contribution >= 0.6 is 0 Å². The summed E-state index contributed by atoms with van der Waals surface area (Å²) in [6.45, 7) is 6.32. The molecule has 354 valence electrons. The minimum Gasteiger partial charge on any atom is -0.309 e. The number of hydrogen-bond acceptors (Lipinski definition) is 4. The summed E-state index contributed by atoms with van der Waals surface area (Å²) in [5, 5.41) is 36.8. The van der Waals surface area contributed by atoms with Gasteiger partial charge in [-0.25, -0.2) is 0 Å². The van der Waals surface area contributed by atoms with Gasteiger partial charge in [-0.3, -0.25) is 4.99 Å². The van der Waals surface area contributed by atoms with Crippen LogP contribution in [0.2, 0.25) is 0 Å². The first-order valence-corrected chi connectivity index (χ1v) is 25.0. The summed E-state index contributed by atoms with van der Waals surface area (Å²) in [7, 11) is 0. The zero-order valence-corrected chi connectivity index (χ0v) is 41.3. The molecule has 0 saturated heterocycles. The van der Waals surface area contributed by atoms with Crippen LogP contribution in [-0.2, 0) is 0 Å². The third-order valence-electron chi connectivity index (χ3n) is 14.7. The Morgan fingerprint density at radius 2 is 0.803 bits per heavy atom. The first-order chi connectivity index (χ1) is 37.4. The van der Waals surface area contributed by atoms with Gasteiger partial charge in [0.05, 0.1) is 73.7 Å². The molecule has 0 spiro atoms. The number of aromatic nitrogens is 3. The van der Waals surface area contributed by atoms with Gasteiger partial charge in [-0.1, -0.05) is 134 Å². The highest BCUT2D eigenvalue weighted by atomic mass is 15.0. The lowest BCUT2D eigenvalue weighted by atomic mass is 9.97. The van der Waals surface area contributed by atoms with Gasteiger partial charge in [0, 0.05) is 60.7 Å². The van der Waals surface area contributed by atoms with Crippen molar-refractivity contribution in [3.8, 4) is 46.4 Å². The van der Waals surface area contributed by atoms with E-state index >= 15 is 0 Å². The number of rotatable bonds is 9. The molecule has 7 nitrogen and oxygen atoms in total. The third kappa shape index (κ3) is 7.54. The van der Waals surface area contributed by atoms with Crippen molar-refractivity contribution >= 4 is 82.4 Å². The maximum absolute atomic E-state index is 10.9. The number of nitrogens with zero attached hydrogens (tertiary/aromatic N) is 7. The van der Waals surface area contributed by atoms with Crippen molar-refractivity contribution in [2.24, 2.45) is 4.99 Å². The number of aliphatic imine (C=N–C) groups is 1. The molecule has 0 radical (unpaired) electrons. The number of nitriles is 3. The zero-order chi connectivity index (χ0) is 51.4. The average molecular weight is 970 g/mol. The Bertz CT molecular complexity index is 4450. The summed E-state index contributed by atoms with van der Waals surface area (Å²) in [5.41, 5.74) is 17.8. The van der Waals surface area contributed by atoms with E-state index < -0.39 is 0 Å². The lowest BCUT2D eigenvalue weighted by Crippen LogP contribution is -1.98. The highest BCUT2D eigenvalue weighted by molar-refractivity contribution is 6.14. The van der Waals surface area contributed by atoms with Gasteiger partial charge in [-0.15, -0.1) is 0 Å². The second-order valence-electron chi connectivity index (χ2n) is 19.0. The molecular formula is C69H43N7. The minimum absolute atomic E-state index is 0.545. The first kappa shape index (κ1) is 45.1. The number of benzene rings is 10. The van der Waals surface area contributed by atoms with Crippen molar-refractivity contribution in [1.29, 1.82) is 15.8 Å². The lowest BCUT2D eigenvalue weighted by Gasteiger charge is -2.13. The fraction of sp³-hybridized carbons (Fsp3) is 0.0145. The predicted octanol–water partition coefficient (Wildman–Crippen LogP) is 16.8. The second kappa shape index (κ2) is 18.4. The van der Waals surface area contributed by atoms with Crippen molar-refractivity contribution in [2.45, 2.75) is 6.92 Å². The molecule has 0 unspecified atom stereocenters. The normalized spacial score (nSPS) is 11.9. The summed E-state index contributed by atoms with van der Waals surface area (Å²) in [4.78, 5) is 5.11. The van der Waals surface area contributed by atoms with Gasteiger partial charge in [-0.2, -0.15) is 15.8 Å². The Labute approximate surface area is 438 Å². The fourth-order valence-corrected chi connectivity index (χ4v) is 11.0. The van der Waals surface area contributed by atoms with Crippen LogP contribution in [0.25, 0.3) is 105 Å². The predicted molar refractivity (Wildman–Crippen MR) is 311 cm³/mol. The van der Waals surface area contributed by atoms with Crippen molar-refractivity contribution in [3.63, 3.8) is 0 Å². The van der Waals surface area contributed by atoms with E-state index in [1.165, 1.54) is 21.5 Å². The van der Waals surface area contributed by atoms with Crippen molar-refractivity contribution in [3.05, 3.63) is 270 Å². The van der Waals surface area contributed by atoms with Gasteiger partial charge in [0.2, 0.25) is 0 Å². The number of para-hydroxylation sites is 4.